The van der Waals surface area contributed by atoms with Gasteiger partial charge in [-0.25, -0.2) is 0 Å². The zero-order valence-corrected chi connectivity index (χ0v) is 15.4. The van der Waals surface area contributed by atoms with Crippen molar-refractivity contribution in [2.24, 2.45) is 11.3 Å². The predicted octanol–water partition coefficient (Wildman–Crippen LogP) is 5.61. The van der Waals surface area contributed by atoms with Gasteiger partial charge in [-0.15, -0.1) is 0 Å². The Morgan fingerprint density at radius 3 is 2.47 bits per heavy atom. The Balaban J connectivity index is 2.30. The molecule has 0 spiro atoms. The van der Waals surface area contributed by atoms with Gasteiger partial charge in [-0.05, 0) is 60.9 Å². The van der Waals surface area contributed by atoms with Crippen LogP contribution in [0.15, 0.2) is 21.1 Å². The molecule has 1 aliphatic carbocycles. The molecule has 1 aromatic rings. The zero-order valence-electron chi connectivity index (χ0n) is 12.2. The van der Waals surface area contributed by atoms with E-state index < -0.39 is 0 Å². The molecular weight excluding hydrogens is 366 g/mol. The van der Waals surface area contributed by atoms with Crippen molar-refractivity contribution < 1.29 is 0 Å². The second kappa shape index (κ2) is 5.87. The molecule has 0 saturated heterocycles. The lowest BCUT2D eigenvalue weighted by Crippen LogP contribution is -2.25. The van der Waals surface area contributed by atoms with Crippen molar-refractivity contribution in [3.8, 4) is 0 Å². The first-order valence-corrected chi connectivity index (χ1v) is 8.64. The van der Waals surface area contributed by atoms with E-state index in [4.69, 9.17) is 0 Å². The molecule has 2 rings (SSSR count). The molecule has 3 heteroatoms. The monoisotopic (exact) mass is 387 g/mol. The lowest BCUT2D eigenvalue weighted by atomic mass is 9.96. The van der Waals surface area contributed by atoms with Crippen LogP contribution in [0, 0.1) is 18.3 Å². The maximum Gasteiger partial charge on any atom is 0.0365 e. The Bertz CT molecular complexity index is 468. The summed E-state index contributed by atoms with van der Waals surface area (Å²) in [6.45, 7) is 10.2. The molecule has 2 unspecified atom stereocenters. The average molecular weight is 389 g/mol. The van der Waals surface area contributed by atoms with Gasteiger partial charge in [0.2, 0.25) is 0 Å². The fraction of sp³-hybridized carbons (Fsp3) is 0.625. The molecule has 106 valence electrons. The molecule has 1 aliphatic rings. The van der Waals surface area contributed by atoms with E-state index in [0.29, 0.717) is 11.5 Å². The van der Waals surface area contributed by atoms with Crippen LogP contribution < -0.4 is 5.32 Å². The molecule has 0 heterocycles. The summed E-state index contributed by atoms with van der Waals surface area (Å²) in [5.74, 6) is 0.741. The van der Waals surface area contributed by atoms with Crippen molar-refractivity contribution in [3.05, 3.63) is 32.2 Å². The number of benzene rings is 1. The van der Waals surface area contributed by atoms with Crippen LogP contribution in [0.2, 0.25) is 0 Å². The fourth-order valence-electron chi connectivity index (χ4n) is 2.75. The highest BCUT2D eigenvalue weighted by Gasteiger charge is 2.50. The molecule has 0 radical (unpaired) electrons. The quantitative estimate of drug-likeness (QED) is 0.691. The fourth-order valence-corrected chi connectivity index (χ4v) is 3.81. The van der Waals surface area contributed by atoms with Crippen LogP contribution in [-0.4, -0.2) is 6.54 Å². The Kier molecular flexibility index (Phi) is 4.79. The molecular formula is C16H23Br2N. The summed E-state index contributed by atoms with van der Waals surface area (Å²) in [6, 6.07) is 4.96. The van der Waals surface area contributed by atoms with E-state index in [-0.39, 0.29) is 0 Å². The van der Waals surface area contributed by atoms with Gasteiger partial charge in [-0.3, -0.25) is 0 Å². The minimum atomic E-state index is 0.459. The summed E-state index contributed by atoms with van der Waals surface area (Å²) < 4.78 is 2.43. The minimum Gasteiger partial charge on any atom is -0.310 e. The first-order chi connectivity index (χ1) is 8.86. The highest BCUT2D eigenvalue weighted by atomic mass is 79.9. The van der Waals surface area contributed by atoms with E-state index in [0.717, 1.165) is 12.5 Å². The molecule has 19 heavy (non-hydrogen) atoms. The number of hydrogen-bond donors (Lipinski definition) is 1. The Morgan fingerprint density at radius 2 is 1.95 bits per heavy atom. The van der Waals surface area contributed by atoms with Crippen LogP contribution >= 0.6 is 31.9 Å². The maximum atomic E-state index is 3.75. The van der Waals surface area contributed by atoms with Gasteiger partial charge in [-0.1, -0.05) is 52.6 Å². The van der Waals surface area contributed by atoms with Gasteiger partial charge in [-0.2, -0.15) is 0 Å². The lowest BCUT2D eigenvalue weighted by Gasteiger charge is -2.23. The van der Waals surface area contributed by atoms with Crippen molar-refractivity contribution in [1.82, 2.24) is 5.32 Å². The molecule has 2 atom stereocenters. The summed E-state index contributed by atoms with van der Waals surface area (Å²) in [5, 5.41) is 3.74. The van der Waals surface area contributed by atoms with Gasteiger partial charge in [0.15, 0.2) is 0 Å². The standard InChI is InChI=1S/C16H23Br2N/c1-5-6-19-15(12-9-16(12,3)4)11-8-13(17)10(2)7-14(11)18/h7-8,12,15,19H,5-6,9H2,1-4H3. The first-order valence-electron chi connectivity index (χ1n) is 7.05. The van der Waals surface area contributed by atoms with E-state index in [1.165, 1.54) is 32.9 Å². The highest BCUT2D eigenvalue weighted by molar-refractivity contribution is 9.11. The average Bonchev–Trinajstić information content (AvgIpc) is 2.95. The number of halogens is 2. The lowest BCUT2D eigenvalue weighted by molar-refractivity contribution is 0.414. The zero-order chi connectivity index (χ0) is 14.2. The molecule has 0 aromatic heterocycles. The molecule has 1 N–H and O–H groups in total. The van der Waals surface area contributed by atoms with Crippen LogP contribution in [0.3, 0.4) is 0 Å². The summed E-state index contributed by atoms with van der Waals surface area (Å²) in [5.41, 5.74) is 3.14. The van der Waals surface area contributed by atoms with Crippen molar-refractivity contribution in [1.29, 1.82) is 0 Å². The molecule has 0 amide bonds. The van der Waals surface area contributed by atoms with E-state index >= 15 is 0 Å². The SMILES string of the molecule is CCCNC(c1cc(Br)c(C)cc1Br)C1CC1(C)C. The van der Waals surface area contributed by atoms with E-state index in [1.807, 2.05) is 0 Å². The minimum absolute atomic E-state index is 0.459. The van der Waals surface area contributed by atoms with E-state index in [2.05, 4.69) is 77.0 Å². The second-order valence-corrected chi connectivity index (χ2v) is 8.06. The second-order valence-electron chi connectivity index (χ2n) is 6.35. The third-order valence-corrected chi connectivity index (χ3v) is 5.76. The third kappa shape index (κ3) is 3.43. The maximum absolute atomic E-state index is 3.75. The van der Waals surface area contributed by atoms with Crippen molar-refractivity contribution in [3.63, 3.8) is 0 Å². The molecule has 0 bridgehead atoms. The summed E-state index contributed by atoms with van der Waals surface area (Å²) in [6.07, 6.45) is 2.49. The number of hydrogen-bond acceptors (Lipinski definition) is 1. The van der Waals surface area contributed by atoms with E-state index in [1.54, 1.807) is 0 Å². The summed E-state index contributed by atoms with van der Waals surface area (Å²) in [4.78, 5) is 0. The van der Waals surface area contributed by atoms with Gasteiger partial charge in [0.05, 0.1) is 0 Å². The number of rotatable bonds is 5. The number of nitrogens with one attached hydrogen (secondary N) is 1. The molecule has 1 aromatic carbocycles. The van der Waals surface area contributed by atoms with Crippen LogP contribution in [0.4, 0.5) is 0 Å². The largest absolute Gasteiger partial charge is 0.310 e. The smallest absolute Gasteiger partial charge is 0.0365 e. The summed E-state index contributed by atoms with van der Waals surface area (Å²) >= 11 is 7.41. The van der Waals surface area contributed by atoms with Gasteiger partial charge in [0.1, 0.15) is 0 Å². The molecule has 0 aliphatic heterocycles. The Hall–Kier alpha value is 0.140. The van der Waals surface area contributed by atoms with Crippen LogP contribution in [0.25, 0.3) is 0 Å². The van der Waals surface area contributed by atoms with Crippen LogP contribution in [-0.2, 0) is 0 Å². The molecule has 1 saturated carbocycles. The van der Waals surface area contributed by atoms with Crippen LogP contribution in [0.1, 0.15) is 50.8 Å². The summed E-state index contributed by atoms with van der Waals surface area (Å²) in [7, 11) is 0. The van der Waals surface area contributed by atoms with E-state index in [9.17, 15) is 0 Å². The first kappa shape index (κ1) is 15.5. The van der Waals surface area contributed by atoms with Gasteiger partial charge in [0.25, 0.3) is 0 Å². The van der Waals surface area contributed by atoms with Gasteiger partial charge < -0.3 is 5.32 Å². The molecule has 1 nitrogen and oxygen atoms in total. The topological polar surface area (TPSA) is 12.0 Å². The number of aryl methyl sites for hydroxylation is 1. The highest BCUT2D eigenvalue weighted by Crippen LogP contribution is 2.58. The normalized spacial score (nSPS) is 22.3. The van der Waals surface area contributed by atoms with Crippen molar-refractivity contribution >= 4 is 31.9 Å². The van der Waals surface area contributed by atoms with Crippen molar-refractivity contribution in [2.45, 2.75) is 46.6 Å². The molecule has 1 fully saturated rings. The Morgan fingerprint density at radius 1 is 1.32 bits per heavy atom. The van der Waals surface area contributed by atoms with Gasteiger partial charge in [0, 0.05) is 15.0 Å². The van der Waals surface area contributed by atoms with Crippen molar-refractivity contribution in [2.75, 3.05) is 6.54 Å². The van der Waals surface area contributed by atoms with Gasteiger partial charge >= 0.3 is 0 Å². The van der Waals surface area contributed by atoms with Crippen LogP contribution in [0.5, 0.6) is 0 Å². The third-order valence-electron chi connectivity index (χ3n) is 4.22. The Labute approximate surface area is 133 Å². The predicted molar refractivity (Wildman–Crippen MR) is 89.5 cm³/mol.